The van der Waals surface area contributed by atoms with Gasteiger partial charge in [0.2, 0.25) is 0 Å². The van der Waals surface area contributed by atoms with Crippen LogP contribution >= 0.6 is 0 Å². The largest absolute Gasteiger partial charge is 0.486 e. The quantitative estimate of drug-likeness (QED) is 0.571. The average Bonchev–Trinajstić information content (AvgIpc) is 3.48. The van der Waals surface area contributed by atoms with Crippen molar-refractivity contribution in [1.82, 2.24) is 15.1 Å². The third-order valence-electron chi connectivity index (χ3n) is 7.16. The molecule has 7 nitrogen and oxygen atoms in total. The first kappa shape index (κ1) is 21.7. The predicted molar refractivity (Wildman–Crippen MR) is 130 cm³/mol. The number of urea groups is 1. The Morgan fingerprint density at radius 3 is 2.20 bits per heavy atom. The van der Waals surface area contributed by atoms with Gasteiger partial charge in [-0.1, -0.05) is 66.7 Å². The zero-order valence-corrected chi connectivity index (χ0v) is 19.4. The maximum atomic E-state index is 14.0. The number of carbonyl (C=O) groups excluding carboxylic acids is 2. The molecule has 3 amide bonds. The van der Waals surface area contributed by atoms with E-state index in [0.717, 1.165) is 47.6 Å². The Morgan fingerprint density at radius 2 is 1.51 bits per heavy atom. The van der Waals surface area contributed by atoms with Crippen molar-refractivity contribution in [2.24, 2.45) is 0 Å². The molecule has 3 heterocycles. The standard InChI is InChI=1S/C28H27N3O4/c32-26-28(21-8-3-1-4-9-21,22-10-5-2-6-11-22)29-27(33)31(26)19-30-15-7-12-23(30)20-13-14-24-25(18-20)35-17-16-34-24/h1-6,8-11,13-14,18,23H,7,12,15-17,19H2,(H,29,33)/t23-/m1/s1. The van der Waals surface area contributed by atoms with Gasteiger partial charge in [-0.05, 0) is 41.7 Å². The number of fused-ring (bicyclic) bond motifs is 1. The van der Waals surface area contributed by atoms with Gasteiger partial charge in [0.15, 0.2) is 17.0 Å². The highest BCUT2D eigenvalue weighted by Crippen LogP contribution is 2.40. The summed E-state index contributed by atoms with van der Waals surface area (Å²) in [7, 11) is 0. The topological polar surface area (TPSA) is 71.1 Å². The van der Waals surface area contributed by atoms with Crippen LogP contribution in [0.2, 0.25) is 0 Å². The molecule has 7 heteroatoms. The first-order valence-corrected chi connectivity index (χ1v) is 12.1. The summed E-state index contributed by atoms with van der Waals surface area (Å²) in [6.07, 6.45) is 1.94. The lowest BCUT2D eigenvalue weighted by molar-refractivity contribution is -0.131. The van der Waals surface area contributed by atoms with Crippen LogP contribution in [0.15, 0.2) is 78.9 Å². The Balaban J connectivity index is 1.31. The molecule has 35 heavy (non-hydrogen) atoms. The predicted octanol–water partition coefficient (Wildman–Crippen LogP) is 4.05. The molecule has 0 radical (unpaired) electrons. The molecule has 2 fully saturated rings. The fourth-order valence-electron chi connectivity index (χ4n) is 5.46. The van der Waals surface area contributed by atoms with Gasteiger partial charge < -0.3 is 14.8 Å². The normalized spacial score (nSPS) is 21.3. The van der Waals surface area contributed by atoms with Gasteiger partial charge in [0, 0.05) is 12.6 Å². The van der Waals surface area contributed by atoms with Crippen molar-refractivity contribution in [3.05, 3.63) is 95.6 Å². The van der Waals surface area contributed by atoms with Crippen LogP contribution in [0, 0.1) is 0 Å². The van der Waals surface area contributed by atoms with Gasteiger partial charge in [-0.25, -0.2) is 9.69 Å². The number of hydrogen-bond donors (Lipinski definition) is 1. The summed E-state index contributed by atoms with van der Waals surface area (Å²) < 4.78 is 11.4. The second-order valence-corrected chi connectivity index (χ2v) is 9.16. The number of amides is 3. The monoisotopic (exact) mass is 469 g/mol. The van der Waals surface area contributed by atoms with Gasteiger partial charge in [0.1, 0.15) is 13.2 Å². The Hall–Kier alpha value is -3.84. The summed E-state index contributed by atoms with van der Waals surface area (Å²) in [6, 6.07) is 24.7. The molecule has 6 rings (SSSR count). The molecule has 3 aliphatic rings. The molecule has 0 unspecified atom stereocenters. The third-order valence-corrected chi connectivity index (χ3v) is 7.16. The van der Waals surface area contributed by atoms with Gasteiger partial charge in [-0.3, -0.25) is 9.69 Å². The van der Waals surface area contributed by atoms with E-state index in [9.17, 15) is 9.59 Å². The lowest BCUT2D eigenvalue weighted by atomic mass is 9.83. The van der Waals surface area contributed by atoms with Gasteiger partial charge in [-0.15, -0.1) is 0 Å². The number of nitrogens with zero attached hydrogens (tertiary/aromatic N) is 2. The minimum atomic E-state index is -1.24. The summed E-state index contributed by atoms with van der Waals surface area (Å²) >= 11 is 0. The summed E-state index contributed by atoms with van der Waals surface area (Å²) in [5.74, 6) is 1.25. The lowest BCUT2D eigenvalue weighted by Crippen LogP contribution is -2.46. The molecular formula is C28H27N3O4. The maximum absolute atomic E-state index is 14.0. The first-order valence-electron chi connectivity index (χ1n) is 12.1. The maximum Gasteiger partial charge on any atom is 0.326 e. The Morgan fingerprint density at radius 1 is 0.857 bits per heavy atom. The van der Waals surface area contributed by atoms with Crippen molar-refractivity contribution >= 4 is 11.9 Å². The van der Waals surface area contributed by atoms with Crippen molar-refractivity contribution in [3.63, 3.8) is 0 Å². The van der Waals surface area contributed by atoms with Gasteiger partial charge in [0.05, 0.1) is 6.67 Å². The molecule has 0 aromatic heterocycles. The van der Waals surface area contributed by atoms with Crippen LogP contribution in [0.5, 0.6) is 11.5 Å². The smallest absolute Gasteiger partial charge is 0.326 e. The number of imide groups is 1. The highest BCUT2D eigenvalue weighted by Gasteiger charge is 2.54. The molecule has 1 N–H and O–H groups in total. The summed E-state index contributed by atoms with van der Waals surface area (Å²) in [5.41, 5.74) is 1.36. The summed E-state index contributed by atoms with van der Waals surface area (Å²) in [4.78, 5) is 30.9. The van der Waals surface area contributed by atoms with Crippen LogP contribution in [0.3, 0.4) is 0 Å². The number of nitrogens with one attached hydrogen (secondary N) is 1. The minimum Gasteiger partial charge on any atom is -0.486 e. The number of rotatable bonds is 5. The van der Waals surface area contributed by atoms with Crippen LogP contribution in [-0.4, -0.2) is 48.2 Å². The Kier molecular flexibility index (Phi) is 5.41. The van der Waals surface area contributed by atoms with Crippen molar-refractivity contribution in [3.8, 4) is 11.5 Å². The van der Waals surface area contributed by atoms with Crippen LogP contribution in [0.1, 0.15) is 35.6 Å². The Labute approximate surface area is 204 Å². The van der Waals surface area contributed by atoms with E-state index in [2.05, 4.69) is 16.3 Å². The summed E-state index contributed by atoms with van der Waals surface area (Å²) in [5, 5.41) is 3.04. The minimum absolute atomic E-state index is 0.0925. The highest BCUT2D eigenvalue weighted by atomic mass is 16.6. The average molecular weight is 470 g/mol. The van der Waals surface area contributed by atoms with Crippen molar-refractivity contribution in [1.29, 1.82) is 0 Å². The molecule has 2 saturated heterocycles. The molecule has 0 saturated carbocycles. The lowest BCUT2D eigenvalue weighted by Gasteiger charge is -2.31. The van der Waals surface area contributed by atoms with Crippen molar-refractivity contribution in [2.75, 3.05) is 26.4 Å². The zero-order valence-electron chi connectivity index (χ0n) is 19.4. The molecule has 178 valence electrons. The van der Waals surface area contributed by atoms with E-state index in [-0.39, 0.29) is 24.6 Å². The van der Waals surface area contributed by atoms with Gasteiger partial charge in [-0.2, -0.15) is 0 Å². The van der Waals surface area contributed by atoms with E-state index < -0.39 is 5.54 Å². The molecule has 3 aliphatic heterocycles. The van der Waals surface area contributed by atoms with Crippen molar-refractivity contribution in [2.45, 2.75) is 24.4 Å². The number of benzene rings is 3. The fourth-order valence-corrected chi connectivity index (χ4v) is 5.46. The molecule has 0 spiro atoms. The number of carbonyl (C=O) groups is 2. The Bertz CT molecular complexity index is 1210. The van der Waals surface area contributed by atoms with E-state index in [1.807, 2.05) is 72.8 Å². The molecule has 0 aliphatic carbocycles. The number of ether oxygens (including phenoxy) is 2. The molecule has 0 bridgehead atoms. The van der Waals surface area contributed by atoms with Crippen LogP contribution in [0.4, 0.5) is 4.79 Å². The van der Waals surface area contributed by atoms with E-state index in [4.69, 9.17) is 9.47 Å². The summed E-state index contributed by atoms with van der Waals surface area (Å²) in [6.45, 7) is 2.12. The molecular weight excluding hydrogens is 442 g/mol. The van der Waals surface area contributed by atoms with Crippen LogP contribution in [0.25, 0.3) is 0 Å². The third kappa shape index (κ3) is 3.63. The number of likely N-dealkylation sites (tertiary alicyclic amines) is 1. The van der Waals surface area contributed by atoms with Gasteiger partial charge >= 0.3 is 6.03 Å². The second-order valence-electron chi connectivity index (χ2n) is 9.16. The van der Waals surface area contributed by atoms with Crippen molar-refractivity contribution < 1.29 is 19.1 Å². The van der Waals surface area contributed by atoms with Crippen LogP contribution < -0.4 is 14.8 Å². The SMILES string of the molecule is O=C1NC(c2ccccc2)(c2ccccc2)C(=O)N1CN1CCC[C@@H]1c1ccc2c(c1)OCCO2. The molecule has 1 atom stereocenters. The fraction of sp³-hybridized carbons (Fsp3) is 0.286. The van der Waals surface area contributed by atoms with E-state index >= 15 is 0 Å². The second kappa shape index (κ2) is 8.74. The van der Waals surface area contributed by atoms with E-state index in [1.54, 1.807) is 0 Å². The molecule has 3 aromatic rings. The van der Waals surface area contributed by atoms with Crippen LogP contribution in [-0.2, 0) is 10.3 Å². The van der Waals surface area contributed by atoms with E-state index in [0.29, 0.717) is 13.2 Å². The first-order chi connectivity index (χ1) is 17.2. The zero-order chi connectivity index (χ0) is 23.8. The highest BCUT2D eigenvalue weighted by molar-refractivity contribution is 6.09. The van der Waals surface area contributed by atoms with E-state index in [1.165, 1.54) is 4.90 Å². The van der Waals surface area contributed by atoms with Gasteiger partial charge in [0.25, 0.3) is 5.91 Å². The number of hydrogen-bond acceptors (Lipinski definition) is 5. The molecule has 3 aromatic carbocycles.